The summed E-state index contributed by atoms with van der Waals surface area (Å²) in [4.78, 5) is 11.2. The Morgan fingerprint density at radius 1 is 0.886 bits per heavy atom. The Balaban J connectivity index is 1.33. The molecule has 0 aliphatic carbocycles. The fourth-order valence-electron chi connectivity index (χ4n) is 5.07. The number of hydrogen-bond acceptors (Lipinski definition) is 7. The van der Waals surface area contributed by atoms with Crippen LogP contribution in [0.4, 0.5) is 10.1 Å². The molecule has 0 aromatic heterocycles. The molecule has 4 N–H and O–H groups in total. The Hall–Kier alpha value is -4.76. The molecule has 1 heterocycles. The number of nitrogens with two attached hydrogens (primary N) is 1. The van der Waals surface area contributed by atoms with E-state index >= 15 is 0 Å². The number of fused-ring (bicyclic) bond motifs is 1. The number of halogens is 1. The SMILES string of the molecule is CC(=O)NCCNCc1cc(C)c(OCc2cccc(-c3ccc4c(c3)OCCO4)c2C)cc1OCc1ccc(F)c(N)c1. The Kier molecular flexibility index (Phi) is 9.86. The van der Waals surface area contributed by atoms with Gasteiger partial charge in [-0.2, -0.15) is 0 Å². The second kappa shape index (κ2) is 14.1. The van der Waals surface area contributed by atoms with Crippen molar-refractivity contribution in [2.45, 2.75) is 40.5 Å². The molecule has 44 heavy (non-hydrogen) atoms. The van der Waals surface area contributed by atoms with Crippen LogP contribution in [-0.2, 0) is 24.6 Å². The van der Waals surface area contributed by atoms with E-state index < -0.39 is 5.82 Å². The van der Waals surface area contributed by atoms with Crippen molar-refractivity contribution < 1.29 is 28.1 Å². The molecule has 230 valence electrons. The first-order valence-corrected chi connectivity index (χ1v) is 14.6. The summed E-state index contributed by atoms with van der Waals surface area (Å²) in [6, 6.07) is 20.7. The average molecular weight is 600 g/mol. The van der Waals surface area contributed by atoms with Crippen LogP contribution >= 0.6 is 0 Å². The van der Waals surface area contributed by atoms with Crippen LogP contribution in [0.2, 0.25) is 0 Å². The van der Waals surface area contributed by atoms with Crippen molar-refractivity contribution in [1.29, 1.82) is 0 Å². The largest absolute Gasteiger partial charge is 0.488 e. The highest BCUT2D eigenvalue weighted by Crippen LogP contribution is 2.37. The molecule has 5 rings (SSSR count). The summed E-state index contributed by atoms with van der Waals surface area (Å²) in [6.45, 7) is 8.91. The molecule has 0 saturated carbocycles. The molecule has 0 saturated heterocycles. The number of rotatable bonds is 12. The van der Waals surface area contributed by atoms with Crippen LogP contribution in [0.25, 0.3) is 11.1 Å². The Labute approximate surface area is 257 Å². The molecule has 0 bridgehead atoms. The zero-order valence-electron chi connectivity index (χ0n) is 25.3. The number of nitrogen functional groups attached to an aromatic ring is 1. The maximum Gasteiger partial charge on any atom is 0.216 e. The number of carbonyl (C=O) groups excluding carboxylic acids is 1. The van der Waals surface area contributed by atoms with Gasteiger partial charge in [-0.25, -0.2) is 4.39 Å². The number of amides is 1. The lowest BCUT2D eigenvalue weighted by atomic mass is 9.96. The summed E-state index contributed by atoms with van der Waals surface area (Å²) in [7, 11) is 0. The lowest BCUT2D eigenvalue weighted by Gasteiger charge is -2.20. The molecule has 1 aliphatic rings. The van der Waals surface area contributed by atoms with Gasteiger partial charge in [0.25, 0.3) is 0 Å². The minimum atomic E-state index is -0.461. The van der Waals surface area contributed by atoms with Gasteiger partial charge in [0, 0.05) is 38.2 Å². The van der Waals surface area contributed by atoms with Gasteiger partial charge >= 0.3 is 0 Å². The number of aryl methyl sites for hydroxylation is 1. The fraction of sp³-hybridized carbons (Fsp3) is 0.286. The average Bonchev–Trinajstić information content (AvgIpc) is 3.01. The van der Waals surface area contributed by atoms with Crippen molar-refractivity contribution in [3.8, 4) is 34.1 Å². The first-order valence-electron chi connectivity index (χ1n) is 14.6. The maximum atomic E-state index is 13.7. The molecular formula is C35H38FN3O5. The van der Waals surface area contributed by atoms with Crippen molar-refractivity contribution in [3.63, 3.8) is 0 Å². The van der Waals surface area contributed by atoms with Gasteiger partial charge in [-0.1, -0.05) is 30.3 Å². The van der Waals surface area contributed by atoms with Crippen LogP contribution in [-0.4, -0.2) is 32.2 Å². The molecular weight excluding hydrogens is 561 g/mol. The van der Waals surface area contributed by atoms with E-state index in [2.05, 4.69) is 29.7 Å². The van der Waals surface area contributed by atoms with Crippen molar-refractivity contribution in [2.75, 3.05) is 32.0 Å². The van der Waals surface area contributed by atoms with E-state index in [1.54, 1.807) is 12.1 Å². The van der Waals surface area contributed by atoms with Gasteiger partial charge in [0.05, 0.1) is 5.69 Å². The third-order valence-corrected chi connectivity index (χ3v) is 7.49. The highest BCUT2D eigenvalue weighted by molar-refractivity contribution is 5.73. The van der Waals surface area contributed by atoms with Gasteiger partial charge in [-0.3, -0.25) is 4.79 Å². The summed E-state index contributed by atoms with van der Waals surface area (Å²) in [5.41, 5.74) is 12.8. The van der Waals surface area contributed by atoms with Gasteiger partial charge in [-0.15, -0.1) is 0 Å². The van der Waals surface area contributed by atoms with Crippen molar-refractivity contribution in [2.24, 2.45) is 0 Å². The predicted molar refractivity (Wildman–Crippen MR) is 169 cm³/mol. The van der Waals surface area contributed by atoms with Crippen LogP contribution in [0.5, 0.6) is 23.0 Å². The van der Waals surface area contributed by atoms with E-state index in [4.69, 9.17) is 24.7 Å². The highest BCUT2D eigenvalue weighted by Gasteiger charge is 2.16. The number of ether oxygens (including phenoxy) is 4. The summed E-state index contributed by atoms with van der Waals surface area (Å²) < 4.78 is 37.8. The number of hydrogen-bond donors (Lipinski definition) is 3. The third-order valence-electron chi connectivity index (χ3n) is 7.49. The van der Waals surface area contributed by atoms with Crippen molar-refractivity contribution in [3.05, 3.63) is 100 Å². The highest BCUT2D eigenvalue weighted by atomic mass is 19.1. The molecule has 0 spiro atoms. The number of nitrogens with one attached hydrogen (secondary N) is 2. The summed E-state index contributed by atoms with van der Waals surface area (Å²) in [5.74, 6) is 2.33. The molecule has 4 aromatic carbocycles. The molecule has 0 radical (unpaired) electrons. The van der Waals surface area contributed by atoms with E-state index in [0.29, 0.717) is 51.0 Å². The van der Waals surface area contributed by atoms with E-state index in [9.17, 15) is 9.18 Å². The first kappa shape index (κ1) is 30.7. The second-order valence-corrected chi connectivity index (χ2v) is 10.8. The molecule has 8 nitrogen and oxygen atoms in total. The van der Waals surface area contributed by atoms with E-state index in [-0.39, 0.29) is 18.2 Å². The monoisotopic (exact) mass is 599 g/mol. The van der Waals surface area contributed by atoms with Gasteiger partial charge in [-0.05, 0) is 77.6 Å². The normalized spacial score (nSPS) is 12.1. The number of benzene rings is 4. The van der Waals surface area contributed by atoms with Crippen LogP contribution in [0.1, 0.15) is 34.7 Å². The smallest absolute Gasteiger partial charge is 0.216 e. The maximum absolute atomic E-state index is 13.7. The summed E-state index contributed by atoms with van der Waals surface area (Å²) >= 11 is 0. The minimum Gasteiger partial charge on any atom is -0.488 e. The number of carbonyl (C=O) groups is 1. The molecule has 0 fully saturated rings. The van der Waals surface area contributed by atoms with Crippen LogP contribution in [0, 0.1) is 19.7 Å². The van der Waals surface area contributed by atoms with Gasteiger partial charge in [0.1, 0.15) is 43.7 Å². The van der Waals surface area contributed by atoms with Crippen molar-refractivity contribution >= 4 is 11.6 Å². The lowest BCUT2D eigenvalue weighted by molar-refractivity contribution is -0.118. The van der Waals surface area contributed by atoms with Crippen LogP contribution < -0.4 is 35.3 Å². The molecule has 4 aromatic rings. The molecule has 1 amide bonds. The van der Waals surface area contributed by atoms with Crippen LogP contribution in [0.15, 0.2) is 66.7 Å². The van der Waals surface area contributed by atoms with Gasteiger partial charge < -0.3 is 35.3 Å². The standard InChI is InChI=1S/C35H38FN3O5/c1-22-15-28(19-38-11-12-39-24(3)40)34(43-20-25-7-9-30(36)31(37)16-25)18-33(22)44-21-27-5-4-6-29(23(27)2)26-8-10-32-35(17-26)42-14-13-41-32/h4-10,15-18,38H,11-14,19-21,37H2,1-3H3,(H,39,40). The van der Waals surface area contributed by atoms with E-state index in [0.717, 1.165) is 50.4 Å². The summed E-state index contributed by atoms with van der Waals surface area (Å²) in [5, 5.41) is 6.12. The second-order valence-electron chi connectivity index (χ2n) is 10.8. The fourth-order valence-corrected chi connectivity index (χ4v) is 5.07. The zero-order chi connectivity index (χ0) is 31.1. The topological polar surface area (TPSA) is 104 Å². The Morgan fingerprint density at radius 2 is 1.68 bits per heavy atom. The lowest BCUT2D eigenvalue weighted by Crippen LogP contribution is -2.30. The quantitative estimate of drug-likeness (QED) is 0.139. The molecule has 9 heteroatoms. The van der Waals surface area contributed by atoms with E-state index in [1.807, 2.05) is 43.3 Å². The molecule has 0 atom stereocenters. The zero-order valence-corrected chi connectivity index (χ0v) is 25.3. The first-order chi connectivity index (χ1) is 21.3. The Morgan fingerprint density at radius 3 is 2.48 bits per heavy atom. The summed E-state index contributed by atoms with van der Waals surface area (Å²) in [6.07, 6.45) is 0. The van der Waals surface area contributed by atoms with Gasteiger partial charge in [0.2, 0.25) is 5.91 Å². The predicted octanol–water partition coefficient (Wildman–Crippen LogP) is 5.85. The van der Waals surface area contributed by atoms with Crippen LogP contribution in [0.3, 0.4) is 0 Å². The molecule has 1 aliphatic heterocycles. The van der Waals surface area contributed by atoms with Gasteiger partial charge in [0.15, 0.2) is 11.5 Å². The Bertz CT molecular complexity index is 1640. The minimum absolute atomic E-state index is 0.0705. The molecule has 0 unspecified atom stereocenters. The van der Waals surface area contributed by atoms with Crippen molar-refractivity contribution in [1.82, 2.24) is 10.6 Å². The van der Waals surface area contributed by atoms with E-state index in [1.165, 1.54) is 13.0 Å². The number of anilines is 1. The third kappa shape index (κ3) is 7.60.